The fraction of sp³-hybridized carbons (Fsp3) is 0.292. The Balaban J connectivity index is 2.03. The number of carbonyl (C=O) groups is 1. The van der Waals surface area contributed by atoms with Crippen molar-refractivity contribution in [3.8, 4) is 22.4 Å². The van der Waals surface area contributed by atoms with E-state index in [0.717, 1.165) is 41.8 Å². The average molecular weight is 446 g/mol. The van der Waals surface area contributed by atoms with Crippen LogP contribution in [0.15, 0.2) is 47.3 Å². The summed E-state index contributed by atoms with van der Waals surface area (Å²) in [6.07, 6.45) is 2.93. The number of nitrogen functional groups attached to an aromatic ring is 1. The molecule has 0 saturated heterocycles. The highest BCUT2D eigenvalue weighted by Gasteiger charge is 2.22. The first kappa shape index (κ1) is 22.2. The van der Waals surface area contributed by atoms with Gasteiger partial charge in [-0.15, -0.1) is 5.10 Å². The lowest BCUT2D eigenvalue weighted by Gasteiger charge is -2.13. The number of unbranched alkanes of at least 4 members (excludes halogenated alkanes) is 1. The lowest BCUT2D eigenvalue weighted by atomic mass is 9.98. The molecule has 3 aromatic heterocycles. The van der Waals surface area contributed by atoms with Gasteiger partial charge in [-0.3, -0.25) is 9.78 Å². The number of hydrogen-bond acceptors (Lipinski definition) is 6. The van der Waals surface area contributed by atoms with Gasteiger partial charge in [0.15, 0.2) is 5.65 Å². The van der Waals surface area contributed by atoms with Gasteiger partial charge in [0.1, 0.15) is 0 Å². The van der Waals surface area contributed by atoms with Gasteiger partial charge in [-0.2, -0.15) is 0 Å². The summed E-state index contributed by atoms with van der Waals surface area (Å²) in [6, 6.07) is 13.6. The van der Waals surface area contributed by atoms with Crippen LogP contribution < -0.4 is 17.2 Å². The zero-order chi connectivity index (χ0) is 23.5. The Labute approximate surface area is 191 Å². The number of aromatic nitrogens is 5. The molecule has 33 heavy (non-hydrogen) atoms. The number of rotatable bonds is 8. The van der Waals surface area contributed by atoms with Crippen molar-refractivity contribution in [1.82, 2.24) is 24.1 Å². The number of nitrogens with two attached hydrogens (primary N) is 2. The zero-order valence-corrected chi connectivity index (χ0v) is 18.8. The molecular weight excluding hydrogens is 418 g/mol. The Bertz CT molecular complexity index is 1370. The minimum absolute atomic E-state index is 0.00642. The van der Waals surface area contributed by atoms with Crippen molar-refractivity contribution in [3.63, 3.8) is 0 Å². The Morgan fingerprint density at radius 1 is 1.09 bits per heavy atom. The van der Waals surface area contributed by atoms with Gasteiger partial charge in [0, 0.05) is 23.4 Å². The number of hydrogen-bond donors (Lipinski definition) is 2. The van der Waals surface area contributed by atoms with E-state index in [1.54, 1.807) is 0 Å². The second kappa shape index (κ2) is 9.23. The van der Waals surface area contributed by atoms with E-state index >= 15 is 0 Å². The first-order valence-corrected chi connectivity index (χ1v) is 11.0. The Morgan fingerprint density at radius 2 is 1.85 bits per heavy atom. The summed E-state index contributed by atoms with van der Waals surface area (Å²) >= 11 is 0. The molecule has 4 N–H and O–H groups in total. The SMILES string of the molecule is CCCCc1cc(-c2c(-c3ccccc3)nc(N)n3c(=O)n(CCC(N)=O)nc23)cc(C)n1. The second-order valence-corrected chi connectivity index (χ2v) is 8.03. The molecular formula is C24H27N7O2. The second-order valence-electron chi connectivity index (χ2n) is 8.03. The topological polar surface area (TPSA) is 134 Å². The number of amides is 1. The van der Waals surface area contributed by atoms with Crippen LogP contribution in [-0.4, -0.2) is 30.1 Å². The van der Waals surface area contributed by atoms with Crippen LogP contribution in [0.4, 0.5) is 5.95 Å². The van der Waals surface area contributed by atoms with Crippen LogP contribution in [0.25, 0.3) is 28.0 Å². The fourth-order valence-electron chi connectivity index (χ4n) is 3.90. The van der Waals surface area contributed by atoms with Gasteiger partial charge in [0.2, 0.25) is 11.9 Å². The molecule has 0 saturated carbocycles. The number of fused-ring (bicyclic) bond motifs is 1. The highest BCUT2D eigenvalue weighted by atomic mass is 16.2. The molecule has 0 unspecified atom stereocenters. The quantitative estimate of drug-likeness (QED) is 0.428. The van der Waals surface area contributed by atoms with Gasteiger partial charge in [0.25, 0.3) is 0 Å². The lowest BCUT2D eigenvalue weighted by molar-refractivity contribution is -0.118. The molecule has 0 bridgehead atoms. The Morgan fingerprint density at radius 3 is 2.55 bits per heavy atom. The molecule has 0 aliphatic rings. The van der Waals surface area contributed by atoms with E-state index < -0.39 is 11.6 Å². The largest absolute Gasteiger partial charge is 0.370 e. The third-order valence-electron chi connectivity index (χ3n) is 5.45. The molecule has 9 nitrogen and oxygen atoms in total. The lowest BCUT2D eigenvalue weighted by Crippen LogP contribution is -2.25. The Hall–Kier alpha value is -4.01. The molecule has 4 aromatic rings. The normalized spacial score (nSPS) is 11.2. The van der Waals surface area contributed by atoms with E-state index in [1.807, 2.05) is 49.4 Å². The summed E-state index contributed by atoms with van der Waals surface area (Å²) in [5.74, 6) is -0.486. The highest BCUT2D eigenvalue weighted by Crippen LogP contribution is 2.35. The molecule has 0 spiro atoms. The molecule has 1 amide bonds. The standard InChI is InChI=1S/C24H27N7O2/c1-3-4-10-18-14-17(13-15(2)27-18)20-21(16-8-6-5-7-9-16)28-23(26)31-22(20)29-30(24(31)33)12-11-19(25)32/h5-9,13-14H,3-4,10-12H2,1-2H3,(H2,25,32)(H2,26,28). The first-order chi connectivity index (χ1) is 15.9. The minimum Gasteiger partial charge on any atom is -0.370 e. The van der Waals surface area contributed by atoms with Crippen LogP contribution in [0, 0.1) is 6.92 Å². The van der Waals surface area contributed by atoms with Gasteiger partial charge in [-0.1, -0.05) is 43.7 Å². The van der Waals surface area contributed by atoms with Crippen molar-refractivity contribution < 1.29 is 4.79 Å². The van der Waals surface area contributed by atoms with Crippen molar-refractivity contribution in [2.24, 2.45) is 5.73 Å². The molecule has 1 aromatic carbocycles. The van der Waals surface area contributed by atoms with Crippen molar-refractivity contribution in [1.29, 1.82) is 0 Å². The predicted octanol–water partition coefficient (Wildman–Crippen LogP) is 2.73. The monoisotopic (exact) mass is 445 g/mol. The molecule has 9 heteroatoms. The van der Waals surface area contributed by atoms with Gasteiger partial charge < -0.3 is 11.5 Å². The van der Waals surface area contributed by atoms with Crippen LogP contribution in [0.3, 0.4) is 0 Å². The van der Waals surface area contributed by atoms with Crippen LogP contribution >= 0.6 is 0 Å². The van der Waals surface area contributed by atoms with Gasteiger partial charge >= 0.3 is 5.69 Å². The number of nitrogens with zero attached hydrogens (tertiary/aromatic N) is 5. The summed E-state index contributed by atoms with van der Waals surface area (Å²) in [4.78, 5) is 33.6. The van der Waals surface area contributed by atoms with E-state index in [2.05, 4.69) is 22.0 Å². The third kappa shape index (κ3) is 4.48. The smallest absolute Gasteiger partial charge is 0.353 e. The number of anilines is 1. The summed E-state index contributed by atoms with van der Waals surface area (Å²) in [6.45, 7) is 4.15. The third-order valence-corrected chi connectivity index (χ3v) is 5.45. The number of primary amides is 1. The predicted molar refractivity (Wildman–Crippen MR) is 127 cm³/mol. The summed E-state index contributed by atoms with van der Waals surface area (Å²) in [7, 11) is 0. The summed E-state index contributed by atoms with van der Waals surface area (Å²) in [5.41, 5.74) is 16.3. The molecule has 0 radical (unpaired) electrons. The number of carbonyl (C=O) groups excluding carboxylic acids is 1. The highest BCUT2D eigenvalue weighted by molar-refractivity contribution is 5.90. The van der Waals surface area contributed by atoms with Crippen LogP contribution in [0.1, 0.15) is 37.6 Å². The van der Waals surface area contributed by atoms with E-state index in [4.69, 9.17) is 11.5 Å². The fourth-order valence-corrected chi connectivity index (χ4v) is 3.90. The molecule has 3 heterocycles. The molecule has 0 atom stereocenters. The summed E-state index contributed by atoms with van der Waals surface area (Å²) in [5, 5.41) is 4.55. The van der Waals surface area contributed by atoms with Crippen LogP contribution in [0.5, 0.6) is 0 Å². The molecule has 0 aliphatic heterocycles. The molecule has 4 rings (SSSR count). The maximum atomic E-state index is 13.0. The maximum absolute atomic E-state index is 13.0. The maximum Gasteiger partial charge on any atom is 0.353 e. The number of pyridine rings is 1. The van der Waals surface area contributed by atoms with E-state index in [9.17, 15) is 9.59 Å². The van der Waals surface area contributed by atoms with Crippen LogP contribution in [0.2, 0.25) is 0 Å². The van der Waals surface area contributed by atoms with Crippen molar-refractivity contribution in [3.05, 3.63) is 64.3 Å². The average Bonchev–Trinajstić information content (AvgIpc) is 3.13. The first-order valence-electron chi connectivity index (χ1n) is 11.0. The number of aryl methyl sites for hydroxylation is 3. The molecule has 0 aliphatic carbocycles. The van der Waals surface area contributed by atoms with Crippen molar-refractivity contribution in [2.45, 2.75) is 46.1 Å². The zero-order valence-electron chi connectivity index (χ0n) is 18.8. The van der Waals surface area contributed by atoms with E-state index in [-0.39, 0.29) is 18.9 Å². The van der Waals surface area contributed by atoms with Crippen molar-refractivity contribution in [2.75, 3.05) is 5.73 Å². The number of benzene rings is 1. The minimum atomic E-state index is -0.513. The van der Waals surface area contributed by atoms with Crippen molar-refractivity contribution >= 4 is 17.5 Å². The molecule has 0 fully saturated rings. The van der Waals surface area contributed by atoms with Crippen LogP contribution in [-0.2, 0) is 17.8 Å². The Kier molecular flexibility index (Phi) is 6.21. The van der Waals surface area contributed by atoms with E-state index in [0.29, 0.717) is 16.9 Å². The van der Waals surface area contributed by atoms with Gasteiger partial charge in [-0.05, 0) is 37.5 Å². The van der Waals surface area contributed by atoms with E-state index in [1.165, 1.54) is 9.08 Å². The summed E-state index contributed by atoms with van der Waals surface area (Å²) < 4.78 is 2.49. The van der Waals surface area contributed by atoms with Gasteiger partial charge in [0.05, 0.1) is 17.8 Å². The molecule has 170 valence electrons. The van der Waals surface area contributed by atoms with Gasteiger partial charge in [-0.25, -0.2) is 18.9 Å².